The summed E-state index contributed by atoms with van der Waals surface area (Å²) < 4.78 is 16.2. The van der Waals surface area contributed by atoms with E-state index in [0.29, 0.717) is 0 Å². The van der Waals surface area contributed by atoms with E-state index in [1.807, 2.05) is 0 Å². The fourth-order valence-corrected chi connectivity index (χ4v) is 3.71. The first-order chi connectivity index (χ1) is 7.17. The average molecular weight is 236 g/mol. The molecule has 0 aliphatic heterocycles. The standard InChI is InChI=1S/C10H26NO3Si/c1-6-11(7-2)9-8-10-15(12-3,13-4)14-5/h15H,6-10H2,1-5H3/q-1. The second-order valence-electron chi connectivity index (χ2n) is 3.66. The topological polar surface area (TPSA) is 30.9 Å². The molecule has 0 saturated carbocycles. The van der Waals surface area contributed by atoms with Gasteiger partial charge in [0, 0.05) is 0 Å². The molecule has 15 heavy (non-hydrogen) atoms. The summed E-state index contributed by atoms with van der Waals surface area (Å²) in [5, 5.41) is 0. The van der Waals surface area contributed by atoms with Gasteiger partial charge in [-0.25, -0.2) is 0 Å². The Morgan fingerprint density at radius 2 is 1.40 bits per heavy atom. The molecule has 0 rings (SSSR count). The quantitative estimate of drug-likeness (QED) is 0.565. The maximum absolute atomic E-state index is 5.39. The first kappa shape index (κ1) is 15.1. The fraction of sp³-hybridized carbons (Fsp3) is 1.00. The van der Waals surface area contributed by atoms with E-state index >= 15 is 0 Å². The molecule has 0 atom stereocenters. The van der Waals surface area contributed by atoms with E-state index in [1.165, 1.54) is 0 Å². The Morgan fingerprint density at radius 3 is 1.73 bits per heavy atom. The molecule has 0 amide bonds. The van der Waals surface area contributed by atoms with Crippen LogP contribution in [0.2, 0.25) is 6.04 Å². The third-order valence-electron chi connectivity index (χ3n) is 3.00. The summed E-state index contributed by atoms with van der Waals surface area (Å²) >= 11 is 0. The van der Waals surface area contributed by atoms with E-state index in [0.717, 1.165) is 32.1 Å². The van der Waals surface area contributed by atoms with Gasteiger partial charge in [0.15, 0.2) is 0 Å². The third kappa shape index (κ3) is 5.08. The van der Waals surface area contributed by atoms with E-state index in [1.54, 1.807) is 21.3 Å². The van der Waals surface area contributed by atoms with Gasteiger partial charge in [0.05, 0.1) is 0 Å². The molecule has 0 unspecified atom stereocenters. The molecule has 0 aliphatic carbocycles. The molecule has 0 fully saturated rings. The van der Waals surface area contributed by atoms with Gasteiger partial charge in [-0.15, -0.1) is 0 Å². The van der Waals surface area contributed by atoms with Crippen molar-refractivity contribution in [2.45, 2.75) is 26.3 Å². The summed E-state index contributed by atoms with van der Waals surface area (Å²) in [4.78, 5) is 2.39. The molecule has 0 saturated heterocycles. The first-order valence-electron chi connectivity index (χ1n) is 5.70. The maximum atomic E-state index is 5.39. The van der Waals surface area contributed by atoms with Gasteiger partial charge < -0.3 is 0 Å². The van der Waals surface area contributed by atoms with Crippen molar-refractivity contribution in [3.05, 3.63) is 0 Å². The second-order valence-corrected chi connectivity index (χ2v) is 7.23. The zero-order valence-electron chi connectivity index (χ0n) is 10.8. The summed E-state index contributed by atoms with van der Waals surface area (Å²) in [6.45, 7) is 7.64. The number of nitrogens with zero attached hydrogens (tertiary/aromatic N) is 1. The Morgan fingerprint density at radius 1 is 0.933 bits per heavy atom. The van der Waals surface area contributed by atoms with Gasteiger partial charge in [-0.3, -0.25) is 0 Å². The Bertz CT molecular complexity index is 141. The zero-order chi connectivity index (χ0) is 11.7. The molecule has 0 aromatic heterocycles. The van der Waals surface area contributed by atoms with Crippen molar-refractivity contribution in [2.75, 3.05) is 41.0 Å². The van der Waals surface area contributed by atoms with Gasteiger partial charge in [0.25, 0.3) is 0 Å². The predicted octanol–water partition coefficient (Wildman–Crippen LogP) is 1.33. The van der Waals surface area contributed by atoms with E-state index in [9.17, 15) is 0 Å². The Balaban J connectivity index is 3.89. The van der Waals surface area contributed by atoms with Gasteiger partial charge in [-0.1, -0.05) is 0 Å². The van der Waals surface area contributed by atoms with E-state index in [-0.39, 0.29) is 0 Å². The molecular weight excluding hydrogens is 210 g/mol. The number of hydrogen-bond donors (Lipinski definition) is 0. The van der Waals surface area contributed by atoms with Crippen LogP contribution >= 0.6 is 0 Å². The van der Waals surface area contributed by atoms with Gasteiger partial charge in [-0.2, -0.15) is 0 Å². The van der Waals surface area contributed by atoms with E-state index in [4.69, 9.17) is 13.3 Å². The van der Waals surface area contributed by atoms with Crippen molar-refractivity contribution < 1.29 is 13.3 Å². The van der Waals surface area contributed by atoms with Crippen LogP contribution < -0.4 is 0 Å². The first-order valence-corrected chi connectivity index (χ1v) is 7.93. The Labute approximate surface area is 94.9 Å². The van der Waals surface area contributed by atoms with Crippen molar-refractivity contribution in [1.29, 1.82) is 0 Å². The minimum absolute atomic E-state index is 0.910. The van der Waals surface area contributed by atoms with E-state index in [2.05, 4.69) is 18.7 Å². The molecule has 0 heterocycles. The van der Waals surface area contributed by atoms with Crippen molar-refractivity contribution in [2.24, 2.45) is 0 Å². The number of rotatable bonds is 9. The summed E-state index contributed by atoms with van der Waals surface area (Å²) in [6, 6.07) is 0.910. The van der Waals surface area contributed by atoms with Crippen LogP contribution in [0.5, 0.6) is 0 Å². The van der Waals surface area contributed by atoms with E-state index < -0.39 is 8.80 Å². The van der Waals surface area contributed by atoms with Crippen molar-refractivity contribution >= 4 is 8.80 Å². The third-order valence-corrected chi connectivity index (χ3v) is 6.27. The van der Waals surface area contributed by atoms with Gasteiger partial charge in [0.1, 0.15) is 0 Å². The molecular formula is C10H26NO3Si-. The molecule has 0 aliphatic rings. The SMILES string of the molecule is CCN(CC)CCC[SiH-](OC)(OC)OC. The molecule has 0 aromatic carbocycles. The van der Waals surface area contributed by atoms with Gasteiger partial charge >= 0.3 is 94.3 Å². The molecule has 0 radical (unpaired) electrons. The summed E-state index contributed by atoms with van der Waals surface area (Å²) in [6.07, 6.45) is 1.07. The van der Waals surface area contributed by atoms with Crippen molar-refractivity contribution in [3.8, 4) is 0 Å². The van der Waals surface area contributed by atoms with Crippen LogP contribution in [-0.2, 0) is 13.3 Å². The number of hydrogen-bond acceptors (Lipinski definition) is 4. The summed E-state index contributed by atoms with van der Waals surface area (Å²) in [7, 11) is 2.40. The molecule has 0 spiro atoms. The molecule has 94 valence electrons. The van der Waals surface area contributed by atoms with Crippen LogP contribution in [0.4, 0.5) is 0 Å². The average Bonchev–Trinajstić information content (AvgIpc) is 2.31. The minimum atomic E-state index is -2.63. The zero-order valence-corrected chi connectivity index (χ0v) is 11.9. The molecule has 4 nitrogen and oxygen atoms in total. The van der Waals surface area contributed by atoms with Crippen LogP contribution in [-0.4, -0.2) is 54.7 Å². The monoisotopic (exact) mass is 236 g/mol. The Hall–Kier alpha value is 0.0569. The molecule has 0 N–H and O–H groups in total. The second kappa shape index (κ2) is 8.24. The normalized spacial score (nSPS) is 13.5. The summed E-state index contributed by atoms with van der Waals surface area (Å²) in [5.74, 6) is 0. The van der Waals surface area contributed by atoms with Crippen molar-refractivity contribution in [1.82, 2.24) is 4.90 Å². The van der Waals surface area contributed by atoms with Gasteiger partial charge in [0.2, 0.25) is 0 Å². The molecule has 5 heteroatoms. The molecule has 0 aromatic rings. The van der Waals surface area contributed by atoms with Crippen LogP contribution in [0.25, 0.3) is 0 Å². The predicted molar refractivity (Wildman–Crippen MR) is 65.4 cm³/mol. The fourth-order valence-electron chi connectivity index (χ4n) is 1.75. The van der Waals surface area contributed by atoms with Crippen LogP contribution in [0, 0.1) is 0 Å². The molecule has 0 bridgehead atoms. The van der Waals surface area contributed by atoms with Crippen LogP contribution in [0.1, 0.15) is 20.3 Å². The Kier molecular flexibility index (Phi) is 8.27. The van der Waals surface area contributed by atoms with Crippen LogP contribution in [0.15, 0.2) is 0 Å². The van der Waals surface area contributed by atoms with Crippen molar-refractivity contribution in [3.63, 3.8) is 0 Å². The summed E-state index contributed by atoms with van der Waals surface area (Å²) in [5.41, 5.74) is 0. The van der Waals surface area contributed by atoms with Crippen LogP contribution in [0.3, 0.4) is 0 Å². The van der Waals surface area contributed by atoms with Gasteiger partial charge in [-0.05, 0) is 0 Å².